The maximum Gasteiger partial charge on any atom is 0.223 e. The summed E-state index contributed by atoms with van der Waals surface area (Å²) in [6.07, 6.45) is 3.69. The first-order valence-corrected chi connectivity index (χ1v) is 13.3. The van der Waals surface area contributed by atoms with Crippen LogP contribution in [0.15, 0.2) is 71.2 Å². The van der Waals surface area contributed by atoms with Crippen molar-refractivity contribution < 1.29 is 22.3 Å². The van der Waals surface area contributed by atoms with Crippen molar-refractivity contribution in [1.29, 1.82) is 0 Å². The predicted octanol–water partition coefficient (Wildman–Crippen LogP) is 4.78. The average molecular weight is 528 g/mol. The highest BCUT2D eigenvalue weighted by atomic mass is 32.2. The molecule has 36 heavy (non-hydrogen) atoms. The minimum Gasteiger partial charge on any atom is -0.505 e. The number of aromatic hydroxyl groups is 1. The lowest BCUT2D eigenvalue weighted by Crippen LogP contribution is -2.13. The number of halogens is 2. The predicted molar refractivity (Wildman–Crippen MR) is 133 cm³/mol. The molecule has 0 bridgehead atoms. The molecule has 0 aliphatic heterocycles. The van der Waals surface area contributed by atoms with Crippen LogP contribution in [0.25, 0.3) is 27.6 Å². The zero-order chi connectivity index (χ0) is 25.3. The quantitative estimate of drug-likeness (QED) is 0.221. The van der Waals surface area contributed by atoms with Gasteiger partial charge in [-0.1, -0.05) is 0 Å². The highest BCUT2D eigenvalue weighted by molar-refractivity contribution is 7.91. The Bertz CT molecular complexity index is 1650. The van der Waals surface area contributed by atoms with Crippen LogP contribution >= 0.6 is 11.3 Å². The molecule has 0 saturated heterocycles. The summed E-state index contributed by atoms with van der Waals surface area (Å²) >= 11 is 1.42. The van der Waals surface area contributed by atoms with Crippen LogP contribution in [0.3, 0.4) is 0 Å². The number of nitrogens with one attached hydrogen (secondary N) is 1. The van der Waals surface area contributed by atoms with E-state index < -0.39 is 27.2 Å². The number of aromatic nitrogens is 4. The first kappa shape index (κ1) is 23.8. The van der Waals surface area contributed by atoms with Gasteiger partial charge in [0.2, 0.25) is 5.95 Å². The van der Waals surface area contributed by atoms with Gasteiger partial charge in [0, 0.05) is 29.9 Å². The monoisotopic (exact) mass is 527 g/mol. The zero-order valence-corrected chi connectivity index (χ0v) is 20.2. The molecule has 0 saturated carbocycles. The minimum atomic E-state index is -3.54. The van der Waals surface area contributed by atoms with Gasteiger partial charge in [-0.05, 0) is 55.0 Å². The lowest BCUT2D eigenvalue weighted by molar-refractivity contribution is 0.432. The maximum atomic E-state index is 13.6. The number of phenols is 1. The number of imidazole rings is 1. The van der Waals surface area contributed by atoms with Crippen molar-refractivity contribution in [3.8, 4) is 28.4 Å². The van der Waals surface area contributed by atoms with Crippen LogP contribution in [0.1, 0.15) is 6.42 Å². The van der Waals surface area contributed by atoms with Gasteiger partial charge < -0.3 is 10.4 Å². The van der Waals surface area contributed by atoms with Gasteiger partial charge in [0.1, 0.15) is 11.5 Å². The van der Waals surface area contributed by atoms with Crippen LogP contribution in [-0.2, 0) is 9.84 Å². The van der Waals surface area contributed by atoms with E-state index in [-0.39, 0.29) is 17.1 Å². The molecular formula is C24H19F2N5O3S2. The molecule has 0 unspecified atom stereocenters. The third-order valence-corrected chi connectivity index (χ3v) is 8.00. The molecule has 0 aliphatic rings. The van der Waals surface area contributed by atoms with Gasteiger partial charge in [0.25, 0.3) is 0 Å². The lowest BCUT2D eigenvalue weighted by Gasteiger charge is -2.09. The molecule has 184 valence electrons. The van der Waals surface area contributed by atoms with Crippen molar-refractivity contribution in [2.45, 2.75) is 11.3 Å². The second-order valence-electron chi connectivity index (χ2n) is 7.85. The summed E-state index contributed by atoms with van der Waals surface area (Å²) < 4.78 is 53.4. The van der Waals surface area contributed by atoms with Gasteiger partial charge >= 0.3 is 0 Å². The average Bonchev–Trinajstić information content (AvgIpc) is 3.46. The molecule has 3 aromatic heterocycles. The van der Waals surface area contributed by atoms with Gasteiger partial charge in [-0.25, -0.2) is 32.2 Å². The normalized spacial score (nSPS) is 11.7. The van der Waals surface area contributed by atoms with Crippen LogP contribution in [0.4, 0.5) is 14.7 Å². The van der Waals surface area contributed by atoms with Crippen molar-refractivity contribution in [2.24, 2.45) is 0 Å². The standard InChI is InChI=1S/C24H19F2N5O3S2/c25-16-3-5-17(6-4-16)36(33,34)13-1-9-27-23-28-10-8-19(29-23)22-21(30-24-31(22)11-12-35-24)15-2-7-18(26)20(32)14-15/h2-8,10-12,14,32H,1,9,13H2,(H,27,28,29). The second-order valence-corrected chi connectivity index (χ2v) is 10.8. The fourth-order valence-corrected chi connectivity index (χ4v) is 5.71. The summed E-state index contributed by atoms with van der Waals surface area (Å²) in [6.45, 7) is 0.294. The van der Waals surface area contributed by atoms with Gasteiger partial charge in [-0.2, -0.15) is 0 Å². The summed E-state index contributed by atoms with van der Waals surface area (Å²) in [5.41, 5.74) is 2.23. The molecule has 0 aliphatic carbocycles. The van der Waals surface area contributed by atoms with Crippen molar-refractivity contribution in [1.82, 2.24) is 19.4 Å². The van der Waals surface area contributed by atoms with Crippen LogP contribution in [0, 0.1) is 11.6 Å². The number of anilines is 1. The highest BCUT2D eigenvalue weighted by Crippen LogP contribution is 2.35. The number of sulfone groups is 1. The molecule has 5 rings (SSSR count). The van der Waals surface area contributed by atoms with Gasteiger partial charge in [-0.3, -0.25) is 4.40 Å². The number of hydrogen-bond acceptors (Lipinski definition) is 8. The highest BCUT2D eigenvalue weighted by Gasteiger charge is 2.20. The molecule has 12 heteroatoms. The summed E-state index contributed by atoms with van der Waals surface area (Å²) in [5.74, 6) is -1.52. The summed E-state index contributed by atoms with van der Waals surface area (Å²) in [6, 6.07) is 10.5. The maximum absolute atomic E-state index is 13.6. The van der Waals surface area contributed by atoms with E-state index in [1.165, 1.54) is 41.7 Å². The van der Waals surface area contributed by atoms with Gasteiger partial charge in [-0.15, -0.1) is 11.3 Å². The SMILES string of the molecule is O=S(=O)(CCCNc1nccc(-c2c(-c3ccc(F)c(O)c3)nc3sccn23)n1)c1ccc(F)cc1. The second kappa shape index (κ2) is 9.63. The van der Waals surface area contributed by atoms with Crippen LogP contribution in [-0.4, -0.2) is 45.2 Å². The Balaban J connectivity index is 1.35. The van der Waals surface area contributed by atoms with Crippen molar-refractivity contribution in [2.75, 3.05) is 17.6 Å². The summed E-state index contributed by atoms with van der Waals surface area (Å²) in [5, 5.41) is 14.8. The first-order valence-electron chi connectivity index (χ1n) is 10.8. The van der Waals surface area contributed by atoms with E-state index in [9.17, 15) is 22.3 Å². The molecule has 2 N–H and O–H groups in total. The Hall–Kier alpha value is -3.90. The molecule has 3 heterocycles. The summed E-state index contributed by atoms with van der Waals surface area (Å²) in [4.78, 5) is 14.2. The number of rotatable bonds is 8. The van der Waals surface area contributed by atoms with E-state index >= 15 is 0 Å². The van der Waals surface area contributed by atoms with Crippen molar-refractivity contribution in [3.05, 3.63) is 77.9 Å². The Morgan fingerprint density at radius 1 is 1.06 bits per heavy atom. The Kier molecular flexibility index (Phi) is 6.37. The molecular weight excluding hydrogens is 508 g/mol. The lowest BCUT2D eigenvalue weighted by atomic mass is 10.1. The zero-order valence-electron chi connectivity index (χ0n) is 18.6. The Morgan fingerprint density at radius 2 is 1.86 bits per heavy atom. The molecule has 0 spiro atoms. The minimum absolute atomic E-state index is 0.0713. The molecule has 5 aromatic rings. The number of benzene rings is 2. The smallest absolute Gasteiger partial charge is 0.223 e. The molecule has 2 aromatic carbocycles. The van der Waals surface area contributed by atoms with E-state index in [1.807, 2.05) is 16.0 Å². The van der Waals surface area contributed by atoms with Crippen LogP contribution < -0.4 is 5.32 Å². The van der Waals surface area contributed by atoms with E-state index in [4.69, 9.17) is 0 Å². The number of hydrogen-bond donors (Lipinski definition) is 2. The third kappa shape index (κ3) is 4.77. The summed E-state index contributed by atoms with van der Waals surface area (Å²) in [7, 11) is -3.54. The van der Waals surface area contributed by atoms with E-state index in [2.05, 4.69) is 20.3 Å². The Morgan fingerprint density at radius 3 is 2.64 bits per heavy atom. The van der Waals surface area contributed by atoms with E-state index in [0.717, 1.165) is 12.1 Å². The molecule has 0 fully saturated rings. The van der Waals surface area contributed by atoms with Crippen LogP contribution in [0.5, 0.6) is 5.75 Å². The third-order valence-electron chi connectivity index (χ3n) is 5.43. The van der Waals surface area contributed by atoms with E-state index in [0.29, 0.717) is 40.1 Å². The number of nitrogens with zero attached hydrogens (tertiary/aromatic N) is 4. The molecule has 0 atom stereocenters. The van der Waals surface area contributed by atoms with Crippen LogP contribution in [0.2, 0.25) is 0 Å². The molecule has 0 radical (unpaired) electrons. The largest absolute Gasteiger partial charge is 0.505 e. The van der Waals surface area contributed by atoms with Crippen molar-refractivity contribution >= 4 is 32.1 Å². The van der Waals surface area contributed by atoms with Gasteiger partial charge in [0.15, 0.2) is 26.4 Å². The fourth-order valence-electron chi connectivity index (χ4n) is 3.69. The fraction of sp³-hybridized carbons (Fsp3) is 0.125. The topological polar surface area (TPSA) is 109 Å². The molecule has 8 nitrogen and oxygen atoms in total. The molecule has 0 amide bonds. The van der Waals surface area contributed by atoms with E-state index in [1.54, 1.807) is 12.3 Å². The number of thiazole rings is 1. The Labute approximate surface area is 208 Å². The first-order chi connectivity index (χ1) is 17.3. The van der Waals surface area contributed by atoms with Gasteiger partial charge in [0.05, 0.1) is 22.0 Å². The number of fused-ring (bicyclic) bond motifs is 1. The van der Waals surface area contributed by atoms with Crippen molar-refractivity contribution in [3.63, 3.8) is 0 Å². The number of phenolic OH excluding ortho intramolecular Hbond substituents is 1.